The van der Waals surface area contributed by atoms with Gasteiger partial charge in [0.25, 0.3) is 5.91 Å². The number of benzene rings is 1. The van der Waals surface area contributed by atoms with Crippen molar-refractivity contribution in [2.24, 2.45) is 0 Å². The van der Waals surface area contributed by atoms with Crippen molar-refractivity contribution in [1.29, 1.82) is 0 Å². The first kappa shape index (κ1) is 14.3. The van der Waals surface area contributed by atoms with E-state index >= 15 is 0 Å². The summed E-state index contributed by atoms with van der Waals surface area (Å²) in [6.07, 6.45) is 5.50. The van der Waals surface area contributed by atoms with Gasteiger partial charge in [-0.3, -0.25) is 9.78 Å². The lowest BCUT2D eigenvalue weighted by molar-refractivity contribution is 0.0961. The number of carbonyl (C=O) groups is 1. The zero-order valence-corrected chi connectivity index (χ0v) is 13.6. The Bertz CT molecular complexity index is 986. The first-order chi connectivity index (χ1) is 12.3. The van der Waals surface area contributed by atoms with Crippen LogP contribution in [0.25, 0.3) is 10.9 Å². The van der Waals surface area contributed by atoms with E-state index in [0.717, 1.165) is 41.7 Å². The molecule has 2 aliphatic rings. The number of anilines is 1. The summed E-state index contributed by atoms with van der Waals surface area (Å²) in [5.41, 5.74) is 3.70. The Morgan fingerprint density at radius 3 is 3.08 bits per heavy atom. The summed E-state index contributed by atoms with van der Waals surface area (Å²) in [6.45, 7) is 1.45. The molecule has 25 heavy (non-hydrogen) atoms. The molecule has 6 heteroatoms. The van der Waals surface area contributed by atoms with Crippen LogP contribution in [0, 0.1) is 0 Å². The summed E-state index contributed by atoms with van der Waals surface area (Å²) in [5.74, 6) is 0.781. The molecule has 0 spiro atoms. The maximum absolute atomic E-state index is 11.9. The molecule has 0 aliphatic carbocycles. The van der Waals surface area contributed by atoms with Crippen LogP contribution >= 0.6 is 0 Å². The predicted octanol–water partition coefficient (Wildman–Crippen LogP) is 2.61. The molecule has 5 rings (SSSR count). The molecule has 3 aromatic rings. The Morgan fingerprint density at radius 1 is 1.16 bits per heavy atom. The van der Waals surface area contributed by atoms with Gasteiger partial charge in [0.15, 0.2) is 0 Å². The standard InChI is InChI=1S/C19H17N5O/c25-19-17-14(10-21-19)18(23-11-22-17)24-8-2-4-16(24)13-5-6-15-12(9-13)3-1-7-20-15/h1,3,5-7,9,11,16H,2,4,8,10H2,(H,21,25). The molecule has 0 saturated carbocycles. The van der Waals surface area contributed by atoms with E-state index in [1.807, 2.05) is 12.3 Å². The first-order valence-corrected chi connectivity index (χ1v) is 8.54. The van der Waals surface area contributed by atoms with Crippen molar-refractivity contribution < 1.29 is 4.79 Å². The average Bonchev–Trinajstić information content (AvgIpc) is 3.28. The maximum Gasteiger partial charge on any atom is 0.270 e. The molecule has 1 amide bonds. The number of nitrogens with zero attached hydrogens (tertiary/aromatic N) is 4. The highest BCUT2D eigenvalue weighted by Gasteiger charge is 2.32. The molecular formula is C19H17N5O. The van der Waals surface area contributed by atoms with Gasteiger partial charge in [0, 0.05) is 30.2 Å². The molecule has 1 N–H and O–H groups in total. The van der Waals surface area contributed by atoms with E-state index in [0.29, 0.717) is 12.2 Å². The lowest BCUT2D eigenvalue weighted by atomic mass is 10.0. The van der Waals surface area contributed by atoms with Gasteiger partial charge in [0.1, 0.15) is 17.8 Å². The van der Waals surface area contributed by atoms with E-state index in [2.05, 4.69) is 49.4 Å². The molecule has 2 aliphatic heterocycles. The minimum Gasteiger partial charge on any atom is -0.349 e. The highest BCUT2D eigenvalue weighted by molar-refractivity contribution is 5.97. The van der Waals surface area contributed by atoms with Gasteiger partial charge in [-0.25, -0.2) is 9.97 Å². The number of rotatable bonds is 2. The van der Waals surface area contributed by atoms with Crippen LogP contribution < -0.4 is 10.2 Å². The van der Waals surface area contributed by atoms with Crippen molar-refractivity contribution in [3.63, 3.8) is 0 Å². The largest absolute Gasteiger partial charge is 0.349 e. The number of aromatic nitrogens is 3. The monoisotopic (exact) mass is 331 g/mol. The van der Waals surface area contributed by atoms with Gasteiger partial charge in [0.05, 0.1) is 11.6 Å². The first-order valence-electron chi connectivity index (χ1n) is 8.54. The Hall–Kier alpha value is -3.02. The number of pyridine rings is 1. The highest BCUT2D eigenvalue weighted by atomic mass is 16.2. The van der Waals surface area contributed by atoms with Crippen LogP contribution in [0.4, 0.5) is 5.82 Å². The predicted molar refractivity (Wildman–Crippen MR) is 94.3 cm³/mol. The Balaban J connectivity index is 1.57. The second-order valence-electron chi connectivity index (χ2n) is 6.51. The topological polar surface area (TPSA) is 71.0 Å². The van der Waals surface area contributed by atoms with Crippen molar-refractivity contribution in [3.05, 3.63) is 59.7 Å². The summed E-state index contributed by atoms with van der Waals surface area (Å²) >= 11 is 0. The van der Waals surface area contributed by atoms with E-state index in [9.17, 15) is 4.79 Å². The van der Waals surface area contributed by atoms with Crippen LogP contribution in [-0.2, 0) is 6.54 Å². The summed E-state index contributed by atoms with van der Waals surface area (Å²) in [4.78, 5) is 27.3. The SMILES string of the molecule is O=C1NCc2c1ncnc2N1CCCC1c1ccc2ncccc2c1. The van der Waals surface area contributed by atoms with Crippen molar-refractivity contribution in [3.8, 4) is 0 Å². The molecule has 1 saturated heterocycles. The second kappa shape index (κ2) is 5.51. The van der Waals surface area contributed by atoms with E-state index in [-0.39, 0.29) is 11.9 Å². The van der Waals surface area contributed by atoms with Crippen molar-refractivity contribution in [1.82, 2.24) is 20.3 Å². The molecule has 1 unspecified atom stereocenters. The van der Waals surface area contributed by atoms with E-state index in [4.69, 9.17) is 0 Å². The Labute approximate surface area is 144 Å². The number of hydrogen-bond donors (Lipinski definition) is 1. The van der Waals surface area contributed by atoms with Gasteiger partial charge in [-0.1, -0.05) is 12.1 Å². The molecule has 1 aromatic carbocycles. The molecule has 0 radical (unpaired) electrons. The maximum atomic E-state index is 11.9. The van der Waals surface area contributed by atoms with Crippen molar-refractivity contribution in [2.75, 3.05) is 11.4 Å². The minimum atomic E-state index is -0.105. The molecule has 1 fully saturated rings. The smallest absolute Gasteiger partial charge is 0.270 e. The van der Waals surface area contributed by atoms with Crippen LogP contribution in [0.1, 0.15) is 40.5 Å². The number of fused-ring (bicyclic) bond motifs is 2. The fraction of sp³-hybridized carbons (Fsp3) is 0.263. The van der Waals surface area contributed by atoms with Gasteiger partial charge < -0.3 is 10.2 Å². The van der Waals surface area contributed by atoms with Crippen molar-refractivity contribution in [2.45, 2.75) is 25.4 Å². The van der Waals surface area contributed by atoms with Gasteiger partial charge >= 0.3 is 0 Å². The third-order valence-electron chi connectivity index (χ3n) is 5.10. The lowest BCUT2D eigenvalue weighted by Crippen LogP contribution is -2.25. The Kier molecular flexibility index (Phi) is 3.16. The van der Waals surface area contributed by atoms with Crippen LogP contribution in [0.3, 0.4) is 0 Å². The summed E-state index contributed by atoms with van der Waals surface area (Å²) < 4.78 is 0. The second-order valence-corrected chi connectivity index (χ2v) is 6.51. The number of amides is 1. The highest BCUT2D eigenvalue weighted by Crippen LogP contribution is 2.38. The zero-order valence-electron chi connectivity index (χ0n) is 13.6. The van der Waals surface area contributed by atoms with Crippen LogP contribution in [0.5, 0.6) is 0 Å². The average molecular weight is 331 g/mol. The fourth-order valence-electron chi connectivity index (χ4n) is 3.93. The molecule has 1 atom stereocenters. The van der Waals surface area contributed by atoms with Crippen molar-refractivity contribution >= 4 is 22.6 Å². The quantitative estimate of drug-likeness (QED) is 0.781. The van der Waals surface area contributed by atoms with Gasteiger partial charge in [0.2, 0.25) is 0 Å². The number of nitrogens with one attached hydrogen (secondary N) is 1. The van der Waals surface area contributed by atoms with Gasteiger partial charge in [-0.2, -0.15) is 0 Å². The van der Waals surface area contributed by atoms with Crippen LogP contribution in [-0.4, -0.2) is 27.4 Å². The van der Waals surface area contributed by atoms with E-state index in [1.54, 1.807) is 0 Å². The van der Waals surface area contributed by atoms with E-state index < -0.39 is 0 Å². The van der Waals surface area contributed by atoms with E-state index in [1.165, 1.54) is 11.9 Å². The molecule has 6 nitrogen and oxygen atoms in total. The minimum absolute atomic E-state index is 0.105. The lowest BCUT2D eigenvalue weighted by Gasteiger charge is -2.27. The normalized spacial score (nSPS) is 19.3. The van der Waals surface area contributed by atoms with Gasteiger partial charge in [-0.15, -0.1) is 0 Å². The summed E-state index contributed by atoms with van der Waals surface area (Å²) in [7, 11) is 0. The van der Waals surface area contributed by atoms with Crippen LogP contribution in [0.2, 0.25) is 0 Å². The third-order valence-corrected chi connectivity index (χ3v) is 5.10. The summed E-state index contributed by atoms with van der Waals surface area (Å²) in [6, 6.07) is 10.8. The molecular weight excluding hydrogens is 314 g/mol. The molecule has 124 valence electrons. The molecule has 4 heterocycles. The molecule has 2 aromatic heterocycles. The Morgan fingerprint density at radius 2 is 2.12 bits per heavy atom. The zero-order chi connectivity index (χ0) is 16.8. The number of hydrogen-bond acceptors (Lipinski definition) is 5. The third kappa shape index (κ3) is 2.25. The van der Waals surface area contributed by atoms with Gasteiger partial charge in [-0.05, 0) is 36.6 Å². The fourth-order valence-corrected chi connectivity index (χ4v) is 3.93. The molecule has 0 bridgehead atoms. The van der Waals surface area contributed by atoms with Crippen LogP contribution in [0.15, 0.2) is 42.9 Å². The summed E-state index contributed by atoms with van der Waals surface area (Å²) in [5, 5.41) is 4.00. The number of carbonyl (C=O) groups excluding carboxylic acids is 1.